The Bertz CT molecular complexity index is 949. The normalized spacial score (nSPS) is 11.5. The van der Waals surface area contributed by atoms with Crippen LogP contribution in [0.2, 0.25) is 0 Å². The van der Waals surface area contributed by atoms with Gasteiger partial charge in [0.25, 0.3) is 5.91 Å². The van der Waals surface area contributed by atoms with E-state index in [1.807, 2.05) is 66.9 Å². The molecule has 6 heteroatoms. The van der Waals surface area contributed by atoms with Crippen molar-refractivity contribution in [3.8, 4) is 0 Å². The molecule has 0 aliphatic carbocycles. The number of hydrogen-bond donors (Lipinski definition) is 1. The van der Waals surface area contributed by atoms with Crippen LogP contribution in [0.3, 0.4) is 0 Å². The van der Waals surface area contributed by atoms with Crippen LogP contribution in [0.5, 0.6) is 0 Å². The Kier molecular flexibility index (Phi) is 7.41. The van der Waals surface area contributed by atoms with Gasteiger partial charge in [-0.05, 0) is 35.9 Å². The van der Waals surface area contributed by atoms with E-state index in [9.17, 15) is 9.59 Å². The maximum atomic E-state index is 12.5. The highest BCUT2D eigenvalue weighted by molar-refractivity contribution is 7.98. The molecular formula is C23H22N2O3S. The second-order valence-electron chi connectivity index (χ2n) is 6.36. The Labute approximate surface area is 174 Å². The maximum absolute atomic E-state index is 12.5. The van der Waals surface area contributed by atoms with Crippen molar-refractivity contribution >= 4 is 23.6 Å². The van der Waals surface area contributed by atoms with Crippen molar-refractivity contribution in [1.29, 1.82) is 0 Å². The summed E-state index contributed by atoms with van der Waals surface area (Å²) in [4.78, 5) is 29.0. The summed E-state index contributed by atoms with van der Waals surface area (Å²) < 4.78 is 5.22. The Balaban J connectivity index is 1.64. The summed E-state index contributed by atoms with van der Waals surface area (Å²) in [6, 6.07) is 22.8. The number of amides is 1. The number of benzene rings is 2. The minimum atomic E-state index is -0.558. The highest BCUT2D eigenvalue weighted by Gasteiger charge is 2.18. The van der Waals surface area contributed by atoms with Gasteiger partial charge in [-0.1, -0.05) is 60.7 Å². The summed E-state index contributed by atoms with van der Waals surface area (Å²) in [7, 11) is 0. The fraction of sp³-hybridized carbons (Fsp3) is 0.174. The molecule has 0 saturated carbocycles. The molecule has 0 aliphatic heterocycles. The van der Waals surface area contributed by atoms with E-state index < -0.39 is 5.97 Å². The van der Waals surface area contributed by atoms with Crippen molar-refractivity contribution in [2.24, 2.45) is 0 Å². The van der Waals surface area contributed by atoms with Gasteiger partial charge in [0.2, 0.25) is 0 Å². The van der Waals surface area contributed by atoms with Gasteiger partial charge in [-0.15, -0.1) is 11.8 Å². The highest BCUT2D eigenvalue weighted by atomic mass is 32.2. The van der Waals surface area contributed by atoms with Gasteiger partial charge in [0.05, 0.1) is 11.6 Å². The molecule has 29 heavy (non-hydrogen) atoms. The Hall–Kier alpha value is -3.12. The van der Waals surface area contributed by atoms with Crippen LogP contribution in [0, 0.1) is 0 Å². The number of hydrogen-bond acceptors (Lipinski definition) is 5. The summed E-state index contributed by atoms with van der Waals surface area (Å²) in [5.41, 5.74) is 2.46. The zero-order chi connectivity index (χ0) is 20.5. The Morgan fingerprint density at radius 3 is 2.38 bits per heavy atom. The molecule has 0 spiro atoms. The number of aromatic nitrogens is 1. The molecule has 1 N–H and O–H groups in total. The molecule has 0 fully saturated rings. The molecule has 0 saturated heterocycles. The molecule has 0 aliphatic rings. The first-order valence-electron chi connectivity index (χ1n) is 9.21. The molecule has 1 amide bonds. The van der Waals surface area contributed by atoms with Crippen molar-refractivity contribution in [3.05, 3.63) is 95.7 Å². The van der Waals surface area contributed by atoms with Crippen LogP contribution in [0.1, 0.15) is 27.5 Å². The van der Waals surface area contributed by atoms with Crippen LogP contribution in [-0.4, -0.2) is 29.7 Å². The number of thioether (sulfide) groups is 1. The number of ether oxygens (including phenoxy) is 1. The lowest BCUT2D eigenvalue weighted by molar-refractivity contribution is -0.125. The largest absolute Gasteiger partial charge is 0.452 e. The highest BCUT2D eigenvalue weighted by Crippen LogP contribution is 2.19. The first kappa shape index (κ1) is 20.6. The van der Waals surface area contributed by atoms with Gasteiger partial charge in [0.15, 0.2) is 6.61 Å². The van der Waals surface area contributed by atoms with E-state index in [-0.39, 0.29) is 18.6 Å². The number of esters is 1. The molecule has 2 aromatic carbocycles. The first-order valence-corrected chi connectivity index (χ1v) is 10.4. The number of rotatable bonds is 8. The van der Waals surface area contributed by atoms with Crippen molar-refractivity contribution < 1.29 is 14.3 Å². The zero-order valence-electron chi connectivity index (χ0n) is 16.1. The summed E-state index contributed by atoms with van der Waals surface area (Å²) in [6.07, 6.45) is 4.09. The van der Waals surface area contributed by atoms with E-state index in [1.165, 1.54) is 11.8 Å². The summed E-state index contributed by atoms with van der Waals surface area (Å²) >= 11 is 1.35. The second-order valence-corrected chi connectivity index (χ2v) is 7.15. The topological polar surface area (TPSA) is 68.3 Å². The molecular weight excluding hydrogens is 384 g/mol. The molecule has 1 heterocycles. The third kappa shape index (κ3) is 5.93. The van der Waals surface area contributed by atoms with E-state index in [1.54, 1.807) is 18.3 Å². The van der Waals surface area contributed by atoms with Gasteiger partial charge in [0, 0.05) is 6.20 Å². The van der Waals surface area contributed by atoms with E-state index >= 15 is 0 Å². The maximum Gasteiger partial charge on any atom is 0.341 e. The van der Waals surface area contributed by atoms with Gasteiger partial charge in [0.1, 0.15) is 5.03 Å². The quantitative estimate of drug-likeness (QED) is 0.451. The molecule has 3 aromatic rings. The standard InChI is InChI=1S/C23H22N2O3S/c1-29-22-19(13-8-14-24-22)23(27)28-16-21(26)25-20(18-11-6-3-7-12-18)15-17-9-4-2-5-10-17/h2-14,20H,15-16H2,1H3,(H,25,26)/t20-/m1/s1. The van der Waals surface area contributed by atoms with Crippen LogP contribution in [0.4, 0.5) is 0 Å². The summed E-state index contributed by atoms with van der Waals surface area (Å²) in [5, 5.41) is 3.55. The van der Waals surface area contributed by atoms with Gasteiger partial charge in [-0.3, -0.25) is 4.79 Å². The number of pyridine rings is 1. The van der Waals surface area contributed by atoms with Crippen LogP contribution in [0.25, 0.3) is 0 Å². The third-order valence-corrected chi connectivity index (χ3v) is 5.05. The van der Waals surface area contributed by atoms with E-state index in [0.717, 1.165) is 11.1 Å². The molecule has 1 atom stereocenters. The van der Waals surface area contributed by atoms with Crippen molar-refractivity contribution in [2.45, 2.75) is 17.5 Å². The minimum absolute atomic E-state index is 0.218. The summed E-state index contributed by atoms with van der Waals surface area (Å²) in [6.45, 7) is -0.348. The van der Waals surface area contributed by atoms with Crippen molar-refractivity contribution in [3.63, 3.8) is 0 Å². The molecule has 0 radical (unpaired) electrons. The lowest BCUT2D eigenvalue weighted by Gasteiger charge is -2.19. The van der Waals surface area contributed by atoms with E-state index in [4.69, 9.17) is 4.74 Å². The van der Waals surface area contributed by atoms with Crippen molar-refractivity contribution in [2.75, 3.05) is 12.9 Å². The van der Waals surface area contributed by atoms with Crippen LogP contribution < -0.4 is 5.32 Å². The predicted octanol–water partition coefficient (Wildman–Crippen LogP) is 4.06. The minimum Gasteiger partial charge on any atom is -0.452 e. The van der Waals surface area contributed by atoms with E-state index in [0.29, 0.717) is 17.0 Å². The van der Waals surface area contributed by atoms with Crippen LogP contribution in [0.15, 0.2) is 84.0 Å². The summed E-state index contributed by atoms with van der Waals surface area (Å²) in [5.74, 6) is -0.908. The van der Waals surface area contributed by atoms with Gasteiger partial charge in [-0.25, -0.2) is 9.78 Å². The number of nitrogens with one attached hydrogen (secondary N) is 1. The van der Waals surface area contributed by atoms with Crippen LogP contribution in [-0.2, 0) is 16.0 Å². The fourth-order valence-electron chi connectivity index (χ4n) is 2.94. The Morgan fingerprint density at radius 2 is 1.69 bits per heavy atom. The number of nitrogens with zero attached hydrogens (tertiary/aromatic N) is 1. The molecule has 5 nitrogen and oxygen atoms in total. The third-order valence-electron chi connectivity index (χ3n) is 4.34. The number of carbonyl (C=O) groups is 2. The fourth-order valence-corrected chi connectivity index (χ4v) is 3.48. The van der Waals surface area contributed by atoms with E-state index in [2.05, 4.69) is 10.3 Å². The molecule has 148 valence electrons. The monoisotopic (exact) mass is 406 g/mol. The van der Waals surface area contributed by atoms with Gasteiger partial charge in [-0.2, -0.15) is 0 Å². The lowest BCUT2D eigenvalue weighted by Crippen LogP contribution is -2.33. The molecule has 1 aromatic heterocycles. The van der Waals surface area contributed by atoms with Crippen molar-refractivity contribution in [1.82, 2.24) is 10.3 Å². The first-order chi connectivity index (χ1) is 14.2. The molecule has 0 bridgehead atoms. The van der Waals surface area contributed by atoms with Gasteiger partial charge < -0.3 is 10.1 Å². The lowest BCUT2D eigenvalue weighted by atomic mass is 9.99. The second kappa shape index (κ2) is 10.4. The van der Waals surface area contributed by atoms with Gasteiger partial charge >= 0.3 is 5.97 Å². The molecule has 0 unspecified atom stereocenters. The molecule has 3 rings (SSSR count). The Morgan fingerprint density at radius 1 is 1.00 bits per heavy atom. The predicted molar refractivity (Wildman–Crippen MR) is 114 cm³/mol. The average Bonchev–Trinajstić information content (AvgIpc) is 2.78. The SMILES string of the molecule is CSc1ncccc1C(=O)OCC(=O)N[C@H](Cc1ccccc1)c1ccccc1. The van der Waals surface area contributed by atoms with Crippen LogP contribution >= 0.6 is 11.8 Å². The number of carbonyl (C=O) groups excluding carboxylic acids is 2. The smallest absolute Gasteiger partial charge is 0.341 e. The zero-order valence-corrected chi connectivity index (χ0v) is 16.9. The average molecular weight is 407 g/mol.